The number of halogens is 1. The quantitative estimate of drug-likeness (QED) is 0.594. The molecule has 0 bridgehead atoms. The van der Waals surface area contributed by atoms with Gasteiger partial charge in [0.1, 0.15) is 6.29 Å². The topological polar surface area (TPSA) is 43.1 Å². The molecular weight excluding hydrogens is 198 g/mol. The highest BCUT2D eigenvalue weighted by Crippen LogP contribution is 2.13. The first-order valence-corrected chi connectivity index (χ1v) is 4.59. The zero-order valence-corrected chi connectivity index (χ0v) is 8.34. The second-order valence-electron chi connectivity index (χ2n) is 2.73. The molecule has 0 radical (unpaired) electrons. The van der Waals surface area contributed by atoms with Crippen molar-refractivity contribution >= 4 is 17.9 Å². The SMILES string of the molecule is NCCC#Cc1cc(Cl)cc(C=O)c1. The summed E-state index contributed by atoms with van der Waals surface area (Å²) < 4.78 is 0. The summed E-state index contributed by atoms with van der Waals surface area (Å²) in [5, 5.41) is 0.520. The number of hydrogen-bond donors (Lipinski definition) is 1. The van der Waals surface area contributed by atoms with Gasteiger partial charge >= 0.3 is 0 Å². The first-order chi connectivity index (χ1) is 6.76. The molecule has 2 nitrogen and oxygen atoms in total. The standard InChI is InChI=1S/C11H10ClNO/c12-11-6-9(3-1-2-4-13)5-10(7-11)8-14/h5-8H,2,4,13H2. The van der Waals surface area contributed by atoms with Gasteiger partial charge in [0, 0.05) is 29.1 Å². The van der Waals surface area contributed by atoms with Crippen molar-refractivity contribution in [1.82, 2.24) is 0 Å². The van der Waals surface area contributed by atoms with Gasteiger partial charge in [-0.2, -0.15) is 0 Å². The lowest BCUT2D eigenvalue weighted by Gasteiger charge is -1.94. The van der Waals surface area contributed by atoms with E-state index in [-0.39, 0.29) is 0 Å². The van der Waals surface area contributed by atoms with E-state index in [1.807, 2.05) is 0 Å². The van der Waals surface area contributed by atoms with E-state index in [1.54, 1.807) is 18.2 Å². The molecule has 0 atom stereocenters. The van der Waals surface area contributed by atoms with Gasteiger partial charge in [-0.25, -0.2) is 0 Å². The zero-order valence-electron chi connectivity index (χ0n) is 7.59. The molecule has 0 saturated heterocycles. The third-order valence-electron chi connectivity index (χ3n) is 1.56. The van der Waals surface area contributed by atoms with Gasteiger partial charge in [0.25, 0.3) is 0 Å². The first kappa shape index (κ1) is 10.8. The van der Waals surface area contributed by atoms with E-state index in [1.165, 1.54) is 0 Å². The third-order valence-corrected chi connectivity index (χ3v) is 1.78. The molecule has 1 aromatic rings. The van der Waals surface area contributed by atoms with Gasteiger partial charge in [-0.15, -0.1) is 0 Å². The van der Waals surface area contributed by atoms with Crippen LogP contribution in [0.25, 0.3) is 0 Å². The van der Waals surface area contributed by atoms with E-state index in [0.29, 0.717) is 23.6 Å². The Morgan fingerprint density at radius 1 is 1.43 bits per heavy atom. The van der Waals surface area contributed by atoms with Crippen LogP contribution >= 0.6 is 11.6 Å². The number of benzene rings is 1. The smallest absolute Gasteiger partial charge is 0.150 e. The van der Waals surface area contributed by atoms with Crippen molar-refractivity contribution < 1.29 is 4.79 Å². The number of rotatable bonds is 2. The molecule has 0 amide bonds. The van der Waals surface area contributed by atoms with Crippen LogP contribution in [0, 0.1) is 11.8 Å². The first-order valence-electron chi connectivity index (χ1n) is 4.21. The molecule has 0 saturated carbocycles. The highest BCUT2D eigenvalue weighted by Gasteiger charge is 1.95. The maximum Gasteiger partial charge on any atom is 0.150 e. The molecule has 0 aromatic heterocycles. The van der Waals surface area contributed by atoms with Gasteiger partial charge in [-0.05, 0) is 18.2 Å². The molecule has 3 heteroatoms. The van der Waals surface area contributed by atoms with Crippen molar-refractivity contribution in [2.24, 2.45) is 5.73 Å². The Morgan fingerprint density at radius 3 is 2.86 bits per heavy atom. The highest BCUT2D eigenvalue weighted by atomic mass is 35.5. The van der Waals surface area contributed by atoms with E-state index in [9.17, 15) is 4.79 Å². The summed E-state index contributed by atoms with van der Waals surface area (Å²) in [5.41, 5.74) is 6.57. The second kappa shape index (κ2) is 5.43. The maximum absolute atomic E-state index is 10.5. The summed E-state index contributed by atoms with van der Waals surface area (Å²) in [7, 11) is 0. The summed E-state index contributed by atoms with van der Waals surface area (Å²) in [4.78, 5) is 10.5. The molecule has 0 aliphatic heterocycles. The van der Waals surface area contributed by atoms with E-state index in [2.05, 4.69) is 11.8 Å². The van der Waals surface area contributed by atoms with Crippen LogP contribution < -0.4 is 5.73 Å². The molecule has 0 heterocycles. The van der Waals surface area contributed by atoms with Gasteiger partial charge in [-0.1, -0.05) is 23.4 Å². The van der Waals surface area contributed by atoms with Gasteiger partial charge < -0.3 is 5.73 Å². The summed E-state index contributed by atoms with van der Waals surface area (Å²) in [6.07, 6.45) is 1.39. The van der Waals surface area contributed by atoms with Crippen LogP contribution in [0.1, 0.15) is 22.3 Å². The molecule has 0 spiro atoms. The summed E-state index contributed by atoms with van der Waals surface area (Å²) >= 11 is 5.79. The Morgan fingerprint density at radius 2 is 2.21 bits per heavy atom. The van der Waals surface area contributed by atoms with Gasteiger partial charge in [0.15, 0.2) is 0 Å². The fourth-order valence-electron chi connectivity index (χ4n) is 0.989. The van der Waals surface area contributed by atoms with Crippen LogP contribution in [-0.2, 0) is 0 Å². The van der Waals surface area contributed by atoms with Crippen LogP contribution in [0.2, 0.25) is 5.02 Å². The molecule has 1 aromatic carbocycles. The van der Waals surface area contributed by atoms with Crippen molar-refractivity contribution in [3.05, 3.63) is 34.3 Å². The normalized spacial score (nSPS) is 9.00. The Hall–Kier alpha value is -1.30. The Kier molecular flexibility index (Phi) is 4.18. The van der Waals surface area contributed by atoms with E-state index in [0.717, 1.165) is 11.8 Å². The van der Waals surface area contributed by atoms with Crippen molar-refractivity contribution in [3.8, 4) is 11.8 Å². The number of carbonyl (C=O) groups excluding carboxylic acids is 1. The Bertz CT molecular complexity index is 390. The van der Waals surface area contributed by atoms with Gasteiger partial charge in [0.05, 0.1) is 0 Å². The summed E-state index contributed by atoms with van der Waals surface area (Å²) in [5.74, 6) is 5.77. The predicted molar refractivity (Wildman–Crippen MR) is 57.4 cm³/mol. The number of hydrogen-bond acceptors (Lipinski definition) is 2. The van der Waals surface area contributed by atoms with E-state index >= 15 is 0 Å². The molecule has 1 rings (SSSR count). The van der Waals surface area contributed by atoms with E-state index < -0.39 is 0 Å². The largest absolute Gasteiger partial charge is 0.330 e. The Labute approximate surface area is 88.1 Å². The molecular formula is C11H10ClNO. The van der Waals surface area contributed by atoms with Crippen molar-refractivity contribution in [2.45, 2.75) is 6.42 Å². The lowest BCUT2D eigenvalue weighted by atomic mass is 10.1. The lowest BCUT2D eigenvalue weighted by molar-refractivity contribution is 0.112. The number of carbonyl (C=O) groups is 1. The monoisotopic (exact) mass is 207 g/mol. The second-order valence-corrected chi connectivity index (χ2v) is 3.17. The van der Waals surface area contributed by atoms with E-state index in [4.69, 9.17) is 17.3 Å². The van der Waals surface area contributed by atoms with Crippen LogP contribution in [0.5, 0.6) is 0 Å². The minimum absolute atomic E-state index is 0.520. The summed E-state index contributed by atoms with van der Waals surface area (Å²) in [6.45, 7) is 0.536. The zero-order chi connectivity index (χ0) is 10.4. The number of aldehydes is 1. The van der Waals surface area contributed by atoms with Gasteiger partial charge in [0.2, 0.25) is 0 Å². The molecule has 0 aliphatic rings. The maximum atomic E-state index is 10.5. The summed E-state index contributed by atoms with van der Waals surface area (Å²) in [6, 6.07) is 5.02. The predicted octanol–water partition coefficient (Wildman–Crippen LogP) is 1.85. The molecule has 72 valence electrons. The molecule has 0 fully saturated rings. The molecule has 0 aliphatic carbocycles. The fourth-order valence-corrected chi connectivity index (χ4v) is 1.23. The van der Waals surface area contributed by atoms with Crippen LogP contribution in [0.3, 0.4) is 0 Å². The van der Waals surface area contributed by atoms with Crippen LogP contribution in [0.15, 0.2) is 18.2 Å². The minimum atomic E-state index is 0.520. The average molecular weight is 208 g/mol. The van der Waals surface area contributed by atoms with Crippen molar-refractivity contribution in [1.29, 1.82) is 0 Å². The number of nitrogens with two attached hydrogens (primary N) is 1. The van der Waals surface area contributed by atoms with Crippen LogP contribution in [-0.4, -0.2) is 12.8 Å². The lowest BCUT2D eigenvalue weighted by Crippen LogP contribution is -1.95. The third kappa shape index (κ3) is 3.21. The van der Waals surface area contributed by atoms with Crippen molar-refractivity contribution in [2.75, 3.05) is 6.54 Å². The Balaban J connectivity index is 2.93. The van der Waals surface area contributed by atoms with Crippen LogP contribution in [0.4, 0.5) is 0 Å². The molecule has 14 heavy (non-hydrogen) atoms. The molecule has 2 N–H and O–H groups in total. The van der Waals surface area contributed by atoms with Gasteiger partial charge in [-0.3, -0.25) is 4.79 Å². The van der Waals surface area contributed by atoms with Crippen molar-refractivity contribution in [3.63, 3.8) is 0 Å². The molecule has 0 unspecified atom stereocenters. The average Bonchev–Trinajstić information content (AvgIpc) is 2.17. The fraction of sp³-hybridized carbons (Fsp3) is 0.182. The minimum Gasteiger partial charge on any atom is -0.330 e. The highest BCUT2D eigenvalue weighted by molar-refractivity contribution is 6.31.